The quantitative estimate of drug-likeness (QED) is 0.909. The van der Waals surface area contributed by atoms with Crippen LogP contribution in [0.1, 0.15) is 6.42 Å². The first-order chi connectivity index (χ1) is 8.16. The predicted octanol–water partition coefficient (Wildman–Crippen LogP) is 2.28. The van der Waals surface area contributed by atoms with Crippen LogP contribution in [0.5, 0.6) is 0 Å². The van der Waals surface area contributed by atoms with Crippen LogP contribution < -0.4 is 11.1 Å². The van der Waals surface area contributed by atoms with Crippen molar-refractivity contribution in [2.75, 3.05) is 11.9 Å². The van der Waals surface area contributed by atoms with Crippen LogP contribution in [0.15, 0.2) is 34.9 Å². The summed E-state index contributed by atoms with van der Waals surface area (Å²) in [5.74, 6) is -0.312. The lowest BCUT2D eigenvalue weighted by Gasteiger charge is -2.08. The predicted molar refractivity (Wildman–Crippen MR) is 71.7 cm³/mol. The average molecular weight is 294 g/mol. The molecule has 0 aliphatic carbocycles. The first kappa shape index (κ1) is 11.9. The number of hydrogen-bond acceptors (Lipinski definition) is 3. The van der Waals surface area contributed by atoms with Crippen molar-refractivity contribution in [1.82, 2.24) is 4.98 Å². The third-order valence-electron chi connectivity index (χ3n) is 2.36. The Bertz CT molecular complexity index is 556. The van der Waals surface area contributed by atoms with Crippen LogP contribution in [0.25, 0.3) is 10.9 Å². The summed E-state index contributed by atoms with van der Waals surface area (Å²) in [7, 11) is 0. The monoisotopic (exact) mass is 293 g/mol. The number of fused-ring (bicyclic) bond motifs is 1. The van der Waals surface area contributed by atoms with Crippen LogP contribution in [0.4, 0.5) is 5.69 Å². The summed E-state index contributed by atoms with van der Waals surface area (Å²) < 4.78 is 0.944. The fourth-order valence-electron chi connectivity index (χ4n) is 1.60. The van der Waals surface area contributed by atoms with E-state index in [9.17, 15) is 4.79 Å². The molecule has 3 N–H and O–H groups in total. The Labute approximate surface area is 107 Å². The van der Waals surface area contributed by atoms with Gasteiger partial charge in [-0.1, -0.05) is 12.1 Å². The highest BCUT2D eigenvalue weighted by Crippen LogP contribution is 2.23. The van der Waals surface area contributed by atoms with Gasteiger partial charge in [0.05, 0.1) is 11.2 Å². The fourth-order valence-corrected chi connectivity index (χ4v) is 1.95. The van der Waals surface area contributed by atoms with Gasteiger partial charge in [0.2, 0.25) is 5.91 Å². The minimum Gasteiger partial charge on any atom is -0.383 e. The van der Waals surface area contributed by atoms with Crippen molar-refractivity contribution in [1.29, 1.82) is 0 Å². The normalized spacial score (nSPS) is 10.4. The number of nitrogens with one attached hydrogen (secondary N) is 1. The van der Waals surface area contributed by atoms with E-state index in [1.54, 1.807) is 6.20 Å². The summed E-state index contributed by atoms with van der Waals surface area (Å²) in [4.78, 5) is 15.0. The molecule has 0 bridgehead atoms. The fraction of sp³-hybridized carbons (Fsp3) is 0.167. The van der Waals surface area contributed by atoms with E-state index in [1.807, 2.05) is 24.3 Å². The van der Waals surface area contributed by atoms with Gasteiger partial charge in [-0.2, -0.15) is 0 Å². The maximum atomic E-state index is 10.7. The number of carbonyl (C=O) groups is 1. The number of benzene rings is 1. The molecule has 0 saturated heterocycles. The summed E-state index contributed by atoms with van der Waals surface area (Å²) in [5.41, 5.74) is 6.89. The number of carbonyl (C=O) groups excluding carboxylic acids is 1. The standard InChI is InChI=1S/C12H12BrN3O/c13-9-6-8-2-1-3-10(12(8)16-7-9)15-5-4-11(14)17/h1-3,6-7,15H,4-5H2,(H2,14,17). The van der Waals surface area contributed by atoms with Gasteiger partial charge in [-0.15, -0.1) is 0 Å². The number of para-hydroxylation sites is 1. The molecule has 5 heteroatoms. The Kier molecular flexibility index (Phi) is 3.58. The van der Waals surface area contributed by atoms with Gasteiger partial charge in [0.1, 0.15) is 0 Å². The lowest BCUT2D eigenvalue weighted by molar-refractivity contribution is -0.117. The Hall–Kier alpha value is -1.62. The maximum Gasteiger partial charge on any atom is 0.219 e. The number of halogens is 1. The molecule has 1 amide bonds. The van der Waals surface area contributed by atoms with Crippen molar-refractivity contribution in [3.63, 3.8) is 0 Å². The molecule has 0 spiro atoms. The zero-order valence-corrected chi connectivity index (χ0v) is 10.7. The number of aromatic nitrogens is 1. The lowest BCUT2D eigenvalue weighted by atomic mass is 10.2. The highest BCUT2D eigenvalue weighted by molar-refractivity contribution is 9.10. The van der Waals surface area contributed by atoms with E-state index in [0.29, 0.717) is 13.0 Å². The van der Waals surface area contributed by atoms with Gasteiger partial charge in [0.15, 0.2) is 0 Å². The molecule has 0 saturated carbocycles. The molecule has 2 aromatic rings. The summed E-state index contributed by atoms with van der Waals surface area (Å²) in [6.07, 6.45) is 2.06. The summed E-state index contributed by atoms with van der Waals surface area (Å²) in [6, 6.07) is 7.88. The number of nitrogens with zero attached hydrogens (tertiary/aromatic N) is 1. The first-order valence-electron chi connectivity index (χ1n) is 5.23. The number of anilines is 1. The number of hydrogen-bond donors (Lipinski definition) is 2. The van der Waals surface area contributed by atoms with Gasteiger partial charge in [0.25, 0.3) is 0 Å². The van der Waals surface area contributed by atoms with Crippen molar-refractivity contribution in [3.8, 4) is 0 Å². The summed E-state index contributed by atoms with van der Waals surface area (Å²) >= 11 is 3.38. The second-order valence-corrected chi connectivity index (χ2v) is 4.59. The Balaban J connectivity index is 2.25. The number of amides is 1. The smallest absolute Gasteiger partial charge is 0.219 e. The Morgan fingerprint density at radius 3 is 3.06 bits per heavy atom. The molecule has 0 fully saturated rings. The Morgan fingerprint density at radius 1 is 1.47 bits per heavy atom. The van der Waals surface area contributed by atoms with Gasteiger partial charge >= 0.3 is 0 Å². The average Bonchev–Trinajstić information content (AvgIpc) is 2.28. The van der Waals surface area contributed by atoms with Gasteiger partial charge < -0.3 is 11.1 Å². The van der Waals surface area contributed by atoms with Gasteiger partial charge in [-0.05, 0) is 28.1 Å². The molecule has 1 aromatic carbocycles. The molecule has 0 unspecified atom stereocenters. The largest absolute Gasteiger partial charge is 0.383 e. The molecule has 1 heterocycles. The van der Waals surface area contributed by atoms with E-state index in [-0.39, 0.29) is 5.91 Å². The van der Waals surface area contributed by atoms with Crippen LogP contribution in [-0.2, 0) is 4.79 Å². The summed E-state index contributed by atoms with van der Waals surface area (Å²) in [5, 5.41) is 4.20. The molecule has 2 rings (SSSR count). The van der Waals surface area contributed by atoms with E-state index in [1.165, 1.54) is 0 Å². The highest BCUT2D eigenvalue weighted by Gasteiger charge is 2.02. The van der Waals surface area contributed by atoms with Crippen molar-refractivity contribution in [2.24, 2.45) is 5.73 Å². The Morgan fingerprint density at radius 2 is 2.29 bits per heavy atom. The number of pyridine rings is 1. The van der Waals surface area contributed by atoms with E-state index in [2.05, 4.69) is 26.2 Å². The number of nitrogens with two attached hydrogens (primary N) is 1. The van der Waals surface area contributed by atoms with E-state index in [4.69, 9.17) is 5.73 Å². The van der Waals surface area contributed by atoms with E-state index < -0.39 is 0 Å². The molecular formula is C12H12BrN3O. The van der Waals surface area contributed by atoms with Crippen molar-refractivity contribution < 1.29 is 4.79 Å². The third-order valence-corrected chi connectivity index (χ3v) is 2.80. The number of primary amides is 1. The molecule has 1 aromatic heterocycles. The van der Waals surface area contributed by atoms with Crippen LogP contribution in [0.3, 0.4) is 0 Å². The van der Waals surface area contributed by atoms with Crippen LogP contribution >= 0.6 is 15.9 Å². The SMILES string of the molecule is NC(=O)CCNc1cccc2cc(Br)cnc12. The molecule has 17 heavy (non-hydrogen) atoms. The molecule has 0 aliphatic heterocycles. The molecule has 88 valence electrons. The van der Waals surface area contributed by atoms with Gasteiger partial charge in [-0.25, -0.2) is 0 Å². The van der Waals surface area contributed by atoms with E-state index >= 15 is 0 Å². The van der Waals surface area contributed by atoms with Gasteiger partial charge in [-0.3, -0.25) is 9.78 Å². The topological polar surface area (TPSA) is 68.0 Å². The molecule has 4 nitrogen and oxygen atoms in total. The van der Waals surface area contributed by atoms with Crippen LogP contribution in [-0.4, -0.2) is 17.4 Å². The highest BCUT2D eigenvalue weighted by atomic mass is 79.9. The number of rotatable bonds is 4. The van der Waals surface area contributed by atoms with Crippen molar-refractivity contribution in [2.45, 2.75) is 6.42 Å². The zero-order chi connectivity index (χ0) is 12.3. The molecule has 0 radical (unpaired) electrons. The minimum atomic E-state index is -0.312. The second-order valence-electron chi connectivity index (χ2n) is 3.67. The van der Waals surface area contributed by atoms with E-state index in [0.717, 1.165) is 21.1 Å². The minimum absolute atomic E-state index is 0.312. The van der Waals surface area contributed by atoms with Crippen molar-refractivity contribution in [3.05, 3.63) is 34.9 Å². The molecule has 0 aliphatic rings. The molecule has 0 atom stereocenters. The maximum absolute atomic E-state index is 10.7. The van der Waals surface area contributed by atoms with Gasteiger partial charge in [0, 0.05) is 29.0 Å². The first-order valence-corrected chi connectivity index (χ1v) is 6.02. The van der Waals surface area contributed by atoms with Crippen LogP contribution in [0.2, 0.25) is 0 Å². The lowest BCUT2D eigenvalue weighted by Crippen LogP contribution is -2.15. The molecular weight excluding hydrogens is 282 g/mol. The second kappa shape index (κ2) is 5.14. The summed E-state index contributed by atoms with van der Waals surface area (Å²) in [6.45, 7) is 0.520. The van der Waals surface area contributed by atoms with Crippen molar-refractivity contribution >= 4 is 38.4 Å². The third kappa shape index (κ3) is 2.94. The van der Waals surface area contributed by atoms with Crippen LogP contribution in [0, 0.1) is 0 Å². The zero-order valence-electron chi connectivity index (χ0n) is 9.11.